The largest absolute Gasteiger partial charge is 0.411 e. The van der Waals surface area contributed by atoms with Gasteiger partial charge in [0.1, 0.15) is 12.4 Å². The van der Waals surface area contributed by atoms with E-state index in [0.29, 0.717) is 18.7 Å². The zero-order valence-corrected chi connectivity index (χ0v) is 12.1. The third-order valence-corrected chi connectivity index (χ3v) is 2.95. The molecule has 0 fully saturated rings. The van der Waals surface area contributed by atoms with Gasteiger partial charge in [0.2, 0.25) is 0 Å². The van der Waals surface area contributed by atoms with Crippen molar-refractivity contribution in [3.63, 3.8) is 0 Å². The average molecular weight is 305 g/mol. The van der Waals surface area contributed by atoms with Gasteiger partial charge in [-0.1, -0.05) is 13.0 Å². The van der Waals surface area contributed by atoms with E-state index >= 15 is 0 Å². The Bertz CT molecular complexity index is 413. The molecule has 21 heavy (non-hydrogen) atoms. The fourth-order valence-electron chi connectivity index (χ4n) is 1.93. The molecule has 1 aromatic heterocycles. The molecule has 0 saturated heterocycles. The van der Waals surface area contributed by atoms with Crippen LogP contribution in [0.15, 0.2) is 18.3 Å². The lowest BCUT2D eigenvalue weighted by molar-refractivity contribution is -0.174. The zero-order chi connectivity index (χ0) is 15.7. The van der Waals surface area contributed by atoms with Crippen molar-refractivity contribution < 1.29 is 17.9 Å². The number of hydrogen-bond acceptors (Lipinski definition) is 4. The van der Waals surface area contributed by atoms with Crippen LogP contribution < -0.4 is 11.1 Å². The predicted molar refractivity (Wildman–Crippen MR) is 75.9 cm³/mol. The molecule has 1 heterocycles. The highest BCUT2D eigenvalue weighted by molar-refractivity contribution is 5.38. The Morgan fingerprint density at radius 1 is 1.43 bits per heavy atom. The Kier molecular flexibility index (Phi) is 7.45. The van der Waals surface area contributed by atoms with Gasteiger partial charge in [-0.15, -0.1) is 0 Å². The standard InChI is InChI=1S/C14H22F3N3O/c1-2-6-19-12(5-8-21-10-14(15,16)17)9-11-4-3-7-20-13(11)18/h3-4,7,12,19H,2,5-6,8-10H2,1H3,(H2,18,20). The summed E-state index contributed by atoms with van der Waals surface area (Å²) in [5, 5.41) is 3.30. The van der Waals surface area contributed by atoms with Gasteiger partial charge in [0.25, 0.3) is 0 Å². The molecule has 0 aliphatic heterocycles. The second kappa shape index (κ2) is 8.84. The number of aromatic nitrogens is 1. The minimum absolute atomic E-state index is 0.0182. The van der Waals surface area contributed by atoms with Crippen LogP contribution in [0.3, 0.4) is 0 Å². The molecule has 0 saturated carbocycles. The van der Waals surface area contributed by atoms with E-state index in [1.165, 1.54) is 0 Å². The van der Waals surface area contributed by atoms with Crippen LogP contribution in [0.1, 0.15) is 25.3 Å². The zero-order valence-electron chi connectivity index (χ0n) is 12.1. The van der Waals surface area contributed by atoms with Gasteiger partial charge in [-0.3, -0.25) is 0 Å². The topological polar surface area (TPSA) is 60.2 Å². The van der Waals surface area contributed by atoms with Crippen LogP contribution in [0.2, 0.25) is 0 Å². The van der Waals surface area contributed by atoms with Crippen LogP contribution in [0.5, 0.6) is 0 Å². The lowest BCUT2D eigenvalue weighted by Gasteiger charge is -2.19. The summed E-state index contributed by atoms with van der Waals surface area (Å²) in [5.41, 5.74) is 6.68. The molecule has 4 nitrogen and oxygen atoms in total. The maximum absolute atomic E-state index is 12.0. The SMILES string of the molecule is CCCNC(CCOCC(F)(F)F)Cc1cccnc1N. The second-order valence-corrected chi connectivity index (χ2v) is 4.86. The molecule has 0 radical (unpaired) electrons. The quantitative estimate of drug-likeness (QED) is 0.688. The maximum atomic E-state index is 12.0. The summed E-state index contributed by atoms with van der Waals surface area (Å²) in [6.07, 6.45) is -0.609. The molecule has 1 aromatic rings. The van der Waals surface area contributed by atoms with Crippen molar-refractivity contribution in [2.24, 2.45) is 0 Å². The third kappa shape index (κ3) is 7.87. The Labute approximate surface area is 122 Å². The summed E-state index contributed by atoms with van der Waals surface area (Å²) in [7, 11) is 0. The number of alkyl halides is 3. The van der Waals surface area contributed by atoms with Crippen molar-refractivity contribution >= 4 is 5.82 Å². The first-order chi connectivity index (χ1) is 9.92. The molecule has 1 rings (SSSR count). The van der Waals surface area contributed by atoms with E-state index in [9.17, 15) is 13.2 Å². The van der Waals surface area contributed by atoms with Crippen LogP contribution in [0.25, 0.3) is 0 Å². The normalized spacial score (nSPS) is 13.3. The molecule has 1 unspecified atom stereocenters. The summed E-state index contributed by atoms with van der Waals surface area (Å²) in [5.74, 6) is 0.456. The van der Waals surface area contributed by atoms with Crippen molar-refractivity contribution in [3.8, 4) is 0 Å². The number of hydrogen-bond donors (Lipinski definition) is 2. The Morgan fingerprint density at radius 3 is 2.81 bits per heavy atom. The first-order valence-electron chi connectivity index (χ1n) is 6.99. The maximum Gasteiger partial charge on any atom is 0.411 e. The third-order valence-electron chi connectivity index (χ3n) is 2.95. The predicted octanol–water partition coefficient (Wildman–Crippen LogP) is 2.54. The summed E-state index contributed by atoms with van der Waals surface area (Å²) in [6.45, 7) is 1.68. The summed E-state index contributed by atoms with van der Waals surface area (Å²) in [6, 6.07) is 3.69. The number of nitrogen functional groups attached to an aromatic ring is 1. The van der Waals surface area contributed by atoms with Crippen molar-refractivity contribution in [2.75, 3.05) is 25.5 Å². The van der Waals surface area contributed by atoms with E-state index in [0.717, 1.165) is 18.5 Å². The van der Waals surface area contributed by atoms with Crippen LogP contribution in [0.4, 0.5) is 19.0 Å². The number of halogens is 3. The van der Waals surface area contributed by atoms with Gasteiger partial charge < -0.3 is 15.8 Å². The number of nitrogens with one attached hydrogen (secondary N) is 1. The number of anilines is 1. The molecule has 0 aliphatic carbocycles. The number of pyridine rings is 1. The molecular formula is C14H22F3N3O. The first-order valence-corrected chi connectivity index (χ1v) is 6.99. The van der Waals surface area contributed by atoms with E-state index in [-0.39, 0.29) is 12.6 Å². The lowest BCUT2D eigenvalue weighted by Crippen LogP contribution is -2.33. The van der Waals surface area contributed by atoms with E-state index in [1.807, 2.05) is 13.0 Å². The van der Waals surface area contributed by atoms with Crippen LogP contribution in [0, 0.1) is 0 Å². The molecule has 0 aliphatic rings. The van der Waals surface area contributed by atoms with Crippen LogP contribution in [-0.2, 0) is 11.2 Å². The fourth-order valence-corrected chi connectivity index (χ4v) is 1.93. The lowest BCUT2D eigenvalue weighted by atomic mass is 10.0. The van der Waals surface area contributed by atoms with Crippen LogP contribution >= 0.6 is 0 Å². The van der Waals surface area contributed by atoms with E-state index in [4.69, 9.17) is 5.73 Å². The Hall–Kier alpha value is -1.34. The van der Waals surface area contributed by atoms with E-state index < -0.39 is 12.8 Å². The van der Waals surface area contributed by atoms with E-state index in [1.54, 1.807) is 12.3 Å². The average Bonchev–Trinajstić information content (AvgIpc) is 2.41. The molecule has 0 spiro atoms. The number of nitrogens with two attached hydrogens (primary N) is 1. The van der Waals surface area contributed by atoms with Gasteiger partial charge in [-0.25, -0.2) is 4.98 Å². The number of ether oxygens (including phenoxy) is 1. The summed E-state index contributed by atoms with van der Waals surface area (Å²) in [4.78, 5) is 4.01. The summed E-state index contributed by atoms with van der Waals surface area (Å²) >= 11 is 0. The van der Waals surface area contributed by atoms with Crippen molar-refractivity contribution in [1.82, 2.24) is 10.3 Å². The van der Waals surface area contributed by atoms with Gasteiger partial charge >= 0.3 is 6.18 Å². The van der Waals surface area contributed by atoms with Gasteiger partial charge in [0, 0.05) is 18.8 Å². The van der Waals surface area contributed by atoms with Gasteiger partial charge in [0.15, 0.2) is 0 Å². The van der Waals surface area contributed by atoms with Crippen LogP contribution in [-0.4, -0.2) is 37.0 Å². The van der Waals surface area contributed by atoms with Gasteiger partial charge in [0.05, 0.1) is 0 Å². The van der Waals surface area contributed by atoms with Gasteiger partial charge in [-0.05, 0) is 37.4 Å². The highest BCUT2D eigenvalue weighted by Crippen LogP contribution is 2.15. The summed E-state index contributed by atoms with van der Waals surface area (Å²) < 4.78 is 40.7. The number of nitrogens with zero attached hydrogens (tertiary/aromatic N) is 1. The van der Waals surface area contributed by atoms with Crippen molar-refractivity contribution in [3.05, 3.63) is 23.9 Å². The molecule has 120 valence electrons. The first kappa shape index (κ1) is 17.7. The molecule has 3 N–H and O–H groups in total. The molecule has 0 bridgehead atoms. The van der Waals surface area contributed by atoms with Crippen molar-refractivity contribution in [2.45, 2.75) is 38.4 Å². The fraction of sp³-hybridized carbons (Fsp3) is 0.643. The Morgan fingerprint density at radius 2 is 2.19 bits per heavy atom. The highest BCUT2D eigenvalue weighted by atomic mass is 19.4. The smallest absolute Gasteiger partial charge is 0.383 e. The number of rotatable bonds is 9. The van der Waals surface area contributed by atoms with Gasteiger partial charge in [-0.2, -0.15) is 13.2 Å². The minimum Gasteiger partial charge on any atom is -0.383 e. The highest BCUT2D eigenvalue weighted by Gasteiger charge is 2.27. The Balaban J connectivity index is 2.46. The monoisotopic (exact) mass is 305 g/mol. The molecule has 0 amide bonds. The molecular weight excluding hydrogens is 283 g/mol. The minimum atomic E-state index is -4.28. The van der Waals surface area contributed by atoms with Crippen molar-refractivity contribution in [1.29, 1.82) is 0 Å². The molecule has 0 aromatic carbocycles. The second-order valence-electron chi connectivity index (χ2n) is 4.86. The molecule has 1 atom stereocenters. The molecule has 7 heteroatoms. The van der Waals surface area contributed by atoms with E-state index in [2.05, 4.69) is 15.0 Å².